The fourth-order valence-electron chi connectivity index (χ4n) is 1.94. The fourth-order valence-corrected chi connectivity index (χ4v) is 1.94. The molecule has 0 spiro atoms. The number of rotatable bonds is 3. The number of hydrogen-bond donors (Lipinski definition) is 2. The largest absolute Gasteiger partial charge is 0.349 e. The summed E-state index contributed by atoms with van der Waals surface area (Å²) in [5, 5.41) is 13.8. The van der Waals surface area contributed by atoms with E-state index in [9.17, 15) is 4.79 Å². The molecule has 1 fully saturated rings. The van der Waals surface area contributed by atoms with Crippen molar-refractivity contribution in [1.82, 2.24) is 25.6 Å². The predicted molar refractivity (Wildman–Crippen MR) is 58.7 cm³/mol. The summed E-state index contributed by atoms with van der Waals surface area (Å²) in [7, 11) is 0. The Hall–Kier alpha value is -1.43. The second kappa shape index (κ2) is 4.61. The minimum atomic E-state index is -0.0804. The molecule has 0 aromatic carbocycles. The van der Waals surface area contributed by atoms with E-state index >= 15 is 0 Å². The lowest BCUT2D eigenvalue weighted by atomic mass is 9.90. The normalized spacial score (nSPS) is 19.3. The maximum Gasteiger partial charge on any atom is 0.242 e. The molecular weight excluding hydrogens is 206 g/mol. The van der Waals surface area contributed by atoms with Gasteiger partial charge in [0.15, 0.2) is 0 Å². The van der Waals surface area contributed by atoms with Crippen LogP contribution in [-0.2, 0) is 11.3 Å². The zero-order valence-electron chi connectivity index (χ0n) is 9.44. The van der Waals surface area contributed by atoms with Gasteiger partial charge >= 0.3 is 0 Å². The number of hydrogen-bond acceptors (Lipinski definition) is 4. The van der Waals surface area contributed by atoms with E-state index in [1.54, 1.807) is 12.4 Å². The van der Waals surface area contributed by atoms with E-state index in [4.69, 9.17) is 0 Å². The Bertz CT molecular complexity index is 342. The molecule has 2 rings (SSSR count). The van der Waals surface area contributed by atoms with Gasteiger partial charge in [-0.2, -0.15) is 0 Å². The van der Waals surface area contributed by atoms with E-state index in [-0.39, 0.29) is 18.0 Å². The SMILES string of the molecule is CC1(NC(=O)Cn2ccnn2)CCNCC1. The van der Waals surface area contributed by atoms with E-state index < -0.39 is 0 Å². The summed E-state index contributed by atoms with van der Waals surface area (Å²) in [5.41, 5.74) is -0.0804. The maximum absolute atomic E-state index is 11.8. The first-order chi connectivity index (χ1) is 7.68. The van der Waals surface area contributed by atoms with Gasteiger partial charge < -0.3 is 10.6 Å². The van der Waals surface area contributed by atoms with E-state index in [1.807, 2.05) is 0 Å². The van der Waals surface area contributed by atoms with Crippen molar-refractivity contribution in [3.63, 3.8) is 0 Å². The minimum absolute atomic E-state index is 0.00472. The number of carbonyl (C=O) groups excluding carboxylic acids is 1. The zero-order valence-corrected chi connectivity index (χ0v) is 9.44. The van der Waals surface area contributed by atoms with E-state index in [1.165, 1.54) is 4.68 Å². The highest BCUT2D eigenvalue weighted by molar-refractivity contribution is 5.76. The second-order valence-electron chi connectivity index (χ2n) is 4.46. The van der Waals surface area contributed by atoms with Crippen LogP contribution in [0.5, 0.6) is 0 Å². The van der Waals surface area contributed by atoms with Crippen molar-refractivity contribution in [3.8, 4) is 0 Å². The Kier molecular flexibility index (Phi) is 3.19. The van der Waals surface area contributed by atoms with E-state index in [0.717, 1.165) is 25.9 Å². The highest BCUT2D eigenvalue weighted by Gasteiger charge is 2.28. The van der Waals surface area contributed by atoms with Gasteiger partial charge in [-0.25, -0.2) is 4.68 Å². The third kappa shape index (κ3) is 2.79. The molecule has 0 atom stereocenters. The molecule has 1 aliphatic heterocycles. The molecule has 0 unspecified atom stereocenters. The molecule has 0 radical (unpaired) electrons. The molecule has 2 heterocycles. The molecule has 16 heavy (non-hydrogen) atoms. The molecule has 6 nitrogen and oxygen atoms in total. The highest BCUT2D eigenvalue weighted by atomic mass is 16.2. The van der Waals surface area contributed by atoms with Crippen molar-refractivity contribution in [2.75, 3.05) is 13.1 Å². The lowest BCUT2D eigenvalue weighted by Gasteiger charge is -2.34. The lowest BCUT2D eigenvalue weighted by Crippen LogP contribution is -2.53. The summed E-state index contributed by atoms with van der Waals surface area (Å²) in [4.78, 5) is 11.8. The molecule has 2 N–H and O–H groups in total. The quantitative estimate of drug-likeness (QED) is 0.727. The molecule has 1 aliphatic rings. The molecule has 6 heteroatoms. The van der Waals surface area contributed by atoms with Gasteiger partial charge in [0.25, 0.3) is 0 Å². The van der Waals surface area contributed by atoms with Gasteiger partial charge in [-0.3, -0.25) is 4.79 Å². The van der Waals surface area contributed by atoms with Crippen LogP contribution in [0.1, 0.15) is 19.8 Å². The van der Waals surface area contributed by atoms with Crippen molar-refractivity contribution in [3.05, 3.63) is 12.4 Å². The summed E-state index contributed by atoms with van der Waals surface area (Å²) in [6.07, 6.45) is 5.19. The van der Waals surface area contributed by atoms with E-state index in [2.05, 4.69) is 27.9 Å². The maximum atomic E-state index is 11.8. The summed E-state index contributed by atoms with van der Waals surface area (Å²) in [6, 6.07) is 0. The van der Waals surface area contributed by atoms with Crippen molar-refractivity contribution in [2.24, 2.45) is 0 Å². The van der Waals surface area contributed by atoms with Gasteiger partial charge in [0.2, 0.25) is 5.91 Å². The molecule has 0 aliphatic carbocycles. The van der Waals surface area contributed by atoms with Gasteiger partial charge in [0.05, 0.1) is 6.20 Å². The third-order valence-corrected chi connectivity index (χ3v) is 2.93. The predicted octanol–water partition coefficient (Wildman–Crippen LogP) is -0.464. The first-order valence-electron chi connectivity index (χ1n) is 5.54. The Labute approximate surface area is 94.4 Å². The van der Waals surface area contributed by atoms with Gasteiger partial charge in [-0.1, -0.05) is 5.21 Å². The van der Waals surface area contributed by atoms with Crippen molar-refractivity contribution < 1.29 is 4.79 Å². The smallest absolute Gasteiger partial charge is 0.242 e. The molecule has 1 aromatic rings. The average molecular weight is 223 g/mol. The van der Waals surface area contributed by atoms with Crippen LogP contribution in [0.2, 0.25) is 0 Å². The Morgan fingerprint density at radius 3 is 2.94 bits per heavy atom. The van der Waals surface area contributed by atoms with Crippen molar-refractivity contribution >= 4 is 5.91 Å². The molecule has 1 aromatic heterocycles. The molecular formula is C10H17N5O. The topological polar surface area (TPSA) is 71.8 Å². The summed E-state index contributed by atoms with van der Waals surface area (Å²) < 4.78 is 1.53. The van der Waals surface area contributed by atoms with Crippen LogP contribution in [0.3, 0.4) is 0 Å². The number of carbonyl (C=O) groups is 1. The molecule has 88 valence electrons. The Morgan fingerprint density at radius 2 is 2.31 bits per heavy atom. The number of piperidine rings is 1. The monoisotopic (exact) mass is 223 g/mol. The first kappa shape index (κ1) is 11.1. The minimum Gasteiger partial charge on any atom is -0.349 e. The highest BCUT2D eigenvalue weighted by Crippen LogP contribution is 2.16. The van der Waals surface area contributed by atoms with Gasteiger partial charge in [-0.05, 0) is 32.9 Å². The van der Waals surface area contributed by atoms with Gasteiger partial charge in [-0.15, -0.1) is 5.10 Å². The Balaban J connectivity index is 1.86. The van der Waals surface area contributed by atoms with Crippen LogP contribution in [0.25, 0.3) is 0 Å². The summed E-state index contributed by atoms with van der Waals surface area (Å²) >= 11 is 0. The summed E-state index contributed by atoms with van der Waals surface area (Å²) in [6.45, 7) is 4.25. The number of aromatic nitrogens is 3. The van der Waals surface area contributed by atoms with Crippen LogP contribution < -0.4 is 10.6 Å². The van der Waals surface area contributed by atoms with Crippen molar-refractivity contribution in [1.29, 1.82) is 0 Å². The first-order valence-corrected chi connectivity index (χ1v) is 5.54. The Morgan fingerprint density at radius 1 is 1.56 bits per heavy atom. The molecule has 1 amide bonds. The van der Waals surface area contributed by atoms with Gasteiger partial charge in [0, 0.05) is 11.7 Å². The third-order valence-electron chi connectivity index (χ3n) is 2.93. The van der Waals surface area contributed by atoms with Gasteiger partial charge in [0.1, 0.15) is 6.54 Å². The summed E-state index contributed by atoms with van der Waals surface area (Å²) in [5.74, 6) is -0.00472. The van der Waals surface area contributed by atoms with Crippen molar-refractivity contribution in [2.45, 2.75) is 31.8 Å². The molecule has 1 saturated heterocycles. The lowest BCUT2D eigenvalue weighted by molar-refractivity contribution is -0.123. The van der Waals surface area contributed by atoms with Crippen LogP contribution in [0.4, 0.5) is 0 Å². The van der Waals surface area contributed by atoms with Crippen LogP contribution >= 0.6 is 0 Å². The number of amides is 1. The molecule has 0 saturated carbocycles. The van der Waals surface area contributed by atoms with Crippen LogP contribution in [-0.4, -0.2) is 39.5 Å². The number of nitrogens with one attached hydrogen (secondary N) is 2. The standard InChI is InChI=1S/C10H17N5O/c1-10(2-4-11-5-3-10)13-9(16)8-15-7-6-12-14-15/h6-7,11H,2-5,8H2,1H3,(H,13,16). The average Bonchev–Trinajstić information content (AvgIpc) is 2.70. The zero-order chi connectivity index (χ0) is 11.4. The van der Waals surface area contributed by atoms with Crippen LogP contribution in [0.15, 0.2) is 12.4 Å². The number of nitrogens with zero attached hydrogens (tertiary/aromatic N) is 3. The second-order valence-corrected chi connectivity index (χ2v) is 4.46. The van der Waals surface area contributed by atoms with Crippen LogP contribution in [0, 0.1) is 0 Å². The molecule has 0 bridgehead atoms. The fraction of sp³-hybridized carbons (Fsp3) is 0.700. The van der Waals surface area contributed by atoms with E-state index in [0.29, 0.717) is 0 Å².